The molecule has 0 heterocycles. The van der Waals surface area contributed by atoms with Crippen LogP contribution in [0.5, 0.6) is 0 Å². The van der Waals surface area contributed by atoms with E-state index in [1.54, 1.807) is 13.0 Å². The van der Waals surface area contributed by atoms with Gasteiger partial charge in [0, 0.05) is 5.02 Å². The molecule has 0 atom stereocenters. The zero-order chi connectivity index (χ0) is 14.6. The van der Waals surface area contributed by atoms with E-state index in [2.05, 4.69) is 10.5 Å². The molecule has 0 aromatic heterocycles. The molecule has 0 saturated heterocycles. The maximum atomic E-state index is 11.1. The van der Waals surface area contributed by atoms with Crippen molar-refractivity contribution in [1.29, 1.82) is 10.7 Å². The van der Waals surface area contributed by atoms with E-state index in [9.17, 15) is 4.79 Å². The van der Waals surface area contributed by atoms with Crippen LogP contribution >= 0.6 is 11.6 Å². The third-order valence-corrected chi connectivity index (χ3v) is 2.68. The zero-order valence-electron chi connectivity index (χ0n) is 9.86. The van der Waals surface area contributed by atoms with Crippen molar-refractivity contribution in [2.24, 2.45) is 10.8 Å². The number of halogens is 1. The van der Waals surface area contributed by atoms with Crippen LogP contribution in [0.2, 0.25) is 5.02 Å². The SMILES string of the molecule is Cc1c(Cl)ccc(C(=O)O)c1N/N=C(\C#N)C(=N)N. The molecule has 1 aromatic rings. The van der Waals surface area contributed by atoms with Crippen molar-refractivity contribution in [2.75, 3.05) is 5.43 Å². The number of amidine groups is 1. The van der Waals surface area contributed by atoms with E-state index in [0.29, 0.717) is 10.6 Å². The van der Waals surface area contributed by atoms with Crippen LogP contribution in [0.1, 0.15) is 15.9 Å². The Morgan fingerprint density at radius 2 is 2.26 bits per heavy atom. The van der Waals surface area contributed by atoms with Crippen LogP contribution in [0.25, 0.3) is 0 Å². The Morgan fingerprint density at radius 3 is 2.74 bits per heavy atom. The first-order valence-electron chi connectivity index (χ1n) is 4.99. The summed E-state index contributed by atoms with van der Waals surface area (Å²) in [5.74, 6) is -1.69. The van der Waals surface area contributed by atoms with Crippen molar-refractivity contribution in [1.82, 2.24) is 0 Å². The number of nitrogens with zero attached hydrogens (tertiary/aromatic N) is 2. The summed E-state index contributed by atoms with van der Waals surface area (Å²) in [4.78, 5) is 11.1. The highest BCUT2D eigenvalue weighted by Gasteiger charge is 2.14. The smallest absolute Gasteiger partial charge is 0.337 e. The first-order valence-corrected chi connectivity index (χ1v) is 5.36. The fourth-order valence-corrected chi connectivity index (χ4v) is 1.42. The molecule has 0 spiro atoms. The highest BCUT2D eigenvalue weighted by molar-refractivity contribution is 6.45. The Kier molecular flexibility index (Phi) is 4.45. The molecule has 98 valence electrons. The molecule has 8 heteroatoms. The molecule has 0 aliphatic heterocycles. The predicted molar refractivity (Wildman–Crippen MR) is 71.7 cm³/mol. The summed E-state index contributed by atoms with van der Waals surface area (Å²) in [6.45, 7) is 1.60. The monoisotopic (exact) mass is 279 g/mol. The van der Waals surface area contributed by atoms with E-state index < -0.39 is 11.8 Å². The van der Waals surface area contributed by atoms with Gasteiger partial charge in [-0.2, -0.15) is 10.4 Å². The van der Waals surface area contributed by atoms with Gasteiger partial charge in [-0.05, 0) is 24.6 Å². The third kappa shape index (κ3) is 3.20. The lowest BCUT2D eigenvalue weighted by Gasteiger charge is -2.10. The second-order valence-electron chi connectivity index (χ2n) is 3.50. The molecule has 0 radical (unpaired) electrons. The van der Waals surface area contributed by atoms with Crippen molar-refractivity contribution in [3.63, 3.8) is 0 Å². The van der Waals surface area contributed by atoms with Gasteiger partial charge in [-0.15, -0.1) is 0 Å². The molecule has 1 rings (SSSR count). The van der Waals surface area contributed by atoms with Gasteiger partial charge in [-0.3, -0.25) is 10.8 Å². The lowest BCUT2D eigenvalue weighted by molar-refractivity contribution is 0.0698. The number of nitrogens with two attached hydrogens (primary N) is 1. The number of carbonyl (C=O) groups is 1. The van der Waals surface area contributed by atoms with Crippen molar-refractivity contribution >= 4 is 34.8 Å². The summed E-state index contributed by atoms with van der Waals surface area (Å²) >= 11 is 5.89. The highest BCUT2D eigenvalue weighted by Crippen LogP contribution is 2.27. The lowest BCUT2D eigenvalue weighted by Crippen LogP contribution is -2.22. The summed E-state index contributed by atoms with van der Waals surface area (Å²) < 4.78 is 0. The number of carboxylic acid groups (broad SMARTS) is 1. The largest absolute Gasteiger partial charge is 0.478 e. The number of hydrogen-bond acceptors (Lipinski definition) is 5. The van der Waals surface area contributed by atoms with Gasteiger partial charge >= 0.3 is 5.97 Å². The standard InChI is InChI=1S/C11H10ClN5O2/c1-5-7(12)3-2-6(11(18)19)9(5)17-16-8(4-13)10(14)15/h2-3,17H,1H3,(H3,14,15)(H,18,19)/b16-8+. The van der Waals surface area contributed by atoms with E-state index >= 15 is 0 Å². The number of carboxylic acids is 1. The first kappa shape index (κ1) is 14.5. The van der Waals surface area contributed by atoms with E-state index in [1.165, 1.54) is 12.1 Å². The average molecular weight is 280 g/mol. The number of aromatic carboxylic acids is 1. The van der Waals surface area contributed by atoms with Crippen LogP contribution in [0.15, 0.2) is 17.2 Å². The molecular weight excluding hydrogens is 270 g/mol. The fourth-order valence-electron chi connectivity index (χ4n) is 1.27. The fraction of sp³-hybridized carbons (Fsp3) is 0.0909. The Balaban J connectivity index is 3.28. The molecule has 1 aromatic carbocycles. The van der Waals surface area contributed by atoms with Crippen molar-refractivity contribution in [2.45, 2.75) is 6.92 Å². The second kappa shape index (κ2) is 5.84. The van der Waals surface area contributed by atoms with E-state index in [-0.39, 0.29) is 17.0 Å². The van der Waals surface area contributed by atoms with Crippen molar-refractivity contribution in [3.8, 4) is 6.07 Å². The van der Waals surface area contributed by atoms with Gasteiger partial charge < -0.3 is 10.8 Å². The average Bonchev–Trinajstić information content (AvgIpc) is 2.34. The molecule has 5 N–H and O–H groups in total. The van der Waals surface area contributed by atoms with Crippen LogP contribution in [-0.4, -0.2) is 22.6 Å². The molecule has 7 nitrogen and oxygen atoms in total. The minimum absolute atomic E-state index is 0.0495. The van der Waals surface area contributed by atoms with Gasteiger partial charge in [-0.1, -0.05) is 11.6 Å². The Morgan fingerprint density at radius 1 is 1.63 bits per heavy atom. The van der Waals surface area contributed by atoms with Crippen LogP contribution in [-0.2, 0) is 0 Å². The summed E-state index contributed by atoms with van der Waals surface area (Å²) in [7, 11) is 0. The zero-order valence-corrected chi connectivity index (χ0v) is 10.6. The molecule has 0 unspecified atom stereocenters. The molecule has 0 saturated carbocycles. The molecule has 0 aliphatic rings. The number of nitrogens with one attached hydrogen (secondary N) is 2. The summed E-state index contributed by atoms with van der Waals surface area (Å²) in [5, 5.41) is 28.8. The summed E-state index contributed by atoms with van der Waals surface area (Å²) in [6, 6.07) is 4.38. The second-order valence-corrected chi connectivity index (χ2v) is 3.90. The minimum atomic E-state index is -1.17. The van der Waals surface area contributed by atoms with Gasteiger partial charge in [0.25, 0.3) is 0 Å². The number of nitriles is 1. The summed E-state index contributed by atoms with van der Waals surface area (Å²) in [5.41, 5.74) is 7.75. The number of benzene rings is 1. The summed E-state index contributed by atoms with van der Waals surface area (Å²) in [6.07, 6.45) is 0. The minimum Gasteiger partial charge on any atom is -0.478 e. The molecule has 0 fully saturated rings. The quantitative estimate of drug-likeness (QED) is 0.377. The van der Waals surface area contributed by atoms with Crippen molar-refractivity contribution < 1.29 is 9.90 Å². The Hall–Kier alpha value is -2.59. The van der Waals surface area contributed by atoms with Crippen LogP contribution < -0.4 is 11.2 Å². The Labute approximate surface area is 113 Å². The number of rotatable bonds is 4. The lowest BCUT2D eigenvalue weighted by atomic mass is 10.1. The maximum Gasteiger partial charge on any atom is 0.337 e. The van der Waals surface area contributed by atoms with Crippen LogP contribution in [0, 0.1) is 23.7 Å². The first-order chi connectivity index (χ1) is 8.88. The normalized spacial score (nSPS) is 10.7. The maximum absolute atomic E-state index is 11.1. The Bertz CT molecular complexity index is 618. The van der Waals surface area contributed by atoms with Crippen LogP contribution in [0.3, 0.4) is 0 Å². The number of hydrogen-bond donors (Lipinski definition) is 4. The van der Waals surface area contributed by atoms with E-state index in [4.69, 9.17) is 33.1 Å². The molecule has 0 aliphatic carbocycles. The van der Waals surface area contributed by atoms with E-state index in [0.717, 1.165) is 0 Å². The molecule has 0 amide bonds. The topological polar surface area (TPSA) is 135 Å². The van der Waals surface area contributed by atoms with E-state index in [1.807, 2.05) is 0 Å². The van der Waals surface area contributed by atoms with Crippen molar-refractivity contribution in [3.05, 3.63) is 28.3 Å². The van der Waals surface area contributed by atoms with Gasteiger partial charge in [0.1, 0.15) is 6.07 Å². The van der Waals surface area contributed by atoms with Gasteiger partial charge in [0.2, 0.25) is 5.71 Å². The molecular formula is C11H10ClN5O2. The van der Waals surface area contributed by atoms with Gasteiger partial charge in [-0.25, -0.2) is 4.79 Å². The molecule has 0 bridgehead atoms. The number of hydrazone groups is 1. The number of anilines is 1. The molecule has 19 heavy (non-hydrogen) atoms. The third-order valence-electron chi connectivity index (χ3n) is 2.27. The predicted octanol–water partition coefficient (Wildman–Crippen LogP) is 1.57. The van der Waals surface area contributed by atoms with Gasteiger partial charge in [0.05, 0.1) is 11.3 Å². The highest BCUT2D eigenvalue weighted by atomic mass is 35.5. The van der Waals surface area contributed by atoms with Gasteiger partial charge in [0.15, 0.2) is 5.84 Å². The van der Waals surface area contributed by atoms with Crippen LogP contribution in [0.4, 0.5) is 5.69 Å².